The van der Waals surface area contributed by atoms with Crippen LogP contribution in [0.25, 0.3) is 89.0 Å². The summed E-state index contributed by atoms with van der Waals surface area (Å²) < 4.78 is 16.2. The number of hydrogen-bond donors (Lipinski definition) is 0. The fourth-order valence-corrected chi connectivity index (χ4v) is 23.1. The van der Waals surface area contributed by atoms with Gasteiger partial charge in [-0.1, -0.05) is 353 Å². The Morgan fingerprint density at radius 3 is 0.943 bits per heavy atom. The quantitative estimate of drug-likeness (QED) is 0.155. The van der Waals surface area contributed by atoms with Crippen molar-refractivity contribution >= 4 is 80.3 Å². The van der Waals surface area contributed by atoms with Gasteiger partial charge in [-0.3, -0.25) is 0 Å². The molecule has 0 fully saturated rings. The van der Waals surface area contributed by atoms with Gasteiger partial charge in [0, 0.05) is 45.6 Å². The van der Waals surface area contributed by atoms with Gasteiger partial charge in [-0.15, -0.1) is 0 Å². The maximum absolute atomic E-state index is 8.14. The maximum atomic E-state index is 8.14. The number of para-hydroxylation sites is 2. The fourth-order valence-electron chi connectivity index (χ4n) is 23.1. The van der Waals surface area contributed by atoms with Crippen LogP contribution in [0.15, 0.2) is 358 Å². The predicted octanol–water partition coefficient (Wildman–Crippen LogP) is 25.7. The Labute approximate surface area is 715 Å². The van der Waals surface area contributed by atoms with Gasteiger partial charge >= 0.3 is 0 Å². The molecule has 4 aliphatic carbocycles. The molecule has 122 heavy (non-hydrogen) atoms. The summed E-state index contributed by atoms with van der Waals surface area (Å²) in [5.74, 6) is 3.19. The minimum Gasteiger partial charge on any atom is -0.458 e. The third-order valence-corrected chi connectivity index (χ3v) is 28.4. The molecule has 0 atom stereocenters. The summed E-state index contributed by atoms with van der Waals surface area (Å²) in [6, 6.07) is 137. The standard InChI is InChI=1S/C116H86B2N2O2/c1-112(2,3)73-62-74(113(4,5)6)64-76(63-73)119-99-56-30-28-54-95(99)117-97-67-98-104(68-103(97)121-105-60-71(58-101(119)109(105)117)77-44-32-46-85-83-42-20-26-52-93(83)115(107(77)85)89-48-22-16-38-79(89)80-39-17-23-49-90(80)115)122-106-61-72(78-45-33-47-86-84-43-21-27-53-94(84)116(108(78)86)91-50-24-18-40-81(91)82-41-19-25-51-92(82)116)59-102-110(106)118(98)96-55-29-31-57-100(96)120(102)111-87(69-34-12-10-13-35-69)65-75(114(7,8)9)66-88(111)70-36-14-11-15-37-70/h10-68H,1-9H3. The van der Waals surface area contributed by atoms with Crippen molar-refractivity contribution in [3.63, 3.8) is 0 Å². The molecule has 0 radical (unpaired) electrons. The van der Waals surface area contributed by atoms with E-state index in [-0.39, 0.29) is 29.7 Å². The smallest absolute Gasteiger partial charge is 0.256 e. The zero-order valence-electron chi connectivity index (χ0n) is 69.9. The molecule has 0 aromatic heterocycles. The van der Waals surface area contributed by atoms with Crippen LogP contribution in [0, 0.1) is 0 Å². The van der Waals surface area contributed by atoms with Gasteiger partial charge in [-0.2, -0.15) is 0 Å². The number of anilines is 6. The van der Waals surface area contributed by atoms with Crippen LogP contribution in [0.4, 0.5) is 34.1 Å². The molecule has 17 aromatic carbocycles. The molecular formula is C116H86B2N2O2. The highest BCUT2D eigenvalue weighted by molar-refractivity contribution is 7.02. The molecule has 0 N–H and O–H groups in total. The van der Waals surface area contributed by atoms with E-state index in [9.17, 15) is 0 Å². The monoisotopic (exact) mass is 1560 g/mol. The van der Waals surface area contributed by atoms with E-state index in [1.54, 1.807) is 0 Å². The predicted molar refractivity (Wildman–Crippen MR) is 509 cm³/mol. The highest BCUT2D eigenvalue weighted by Crippen LogP contribution is 2.68. The first kappa shape index (κ1) is 71.0. The number of ether oxygens (including phenoxy) is 2. The number of benzene rings is 17. The lowest BCUT2D eigenvalue weighted by Gasteiger charge is -2.43. The van der Waals surface area contributed by atoms with Crippen LogP contribution in [0.5, 0.6) is 23.0 Å². The Hall–Kier alpha value is -13.9. The number of fused-ring (bicyclic) bond motifs is 28. The summed E-state index contributed by atoms with van der Waals surface area (Å²) in [4.78, 5) is 5.25. The van der Waals surface area contributed by atoms with E-state index in [0.29, 0.717) is 0 Å². The van der Waals surface area contributed by atoms with Crippen molar-refractivity contribution in [1.29, 1.82) is 0 Å². The Morgan fingerprint density at radius 1 is 0.230 bits per heavy atom. The lowest BCUT2D eigenvalue weighted by Crippen LogP contribution is -2.63. The van der Waals surface area contributed by atoms with Crippen molar-refractivity contribution in [2.45, 2.75) is 89.4 Å². The van der Waals surface area contributed by atoms with Crippen molar-refractivity contribution in [2.24, 2.45) is 0 Å². The van der Waals surface area contributed by atoms with Crippen molar-refractivity contribution in [3.05, 3.63) is 419 Å². The van der Waals surface area contributed by atoms with Gasteiger partial charge in [-0.05, 0) is 249 Å². The molecule has 0 bridgehead atoms. The van der Waals surface area contributed by atoms with Crippen LogP contribution in [0.3, 0.4) is 0 Å². The second kappa shape index (κ2) is 25.3. The molecule has 4 aliphatic heterocycles. The van der Waals surface area contributed by atoms with E-state index in [4.69, 9.17) is 9.47 Å². The highest BCUT2D eigenvalue weighted by Gasteiger charge is 2.56. The molecule has 6 heteroatoms. The first-order valence-electron chi connectivity index (χ1n) is 43.4. The van der Waals surface area contributed by atoms with Crippen LogP contribution < -0.4 is 52.1 Å². The topological polar surface area (TPSA) is 24.9 Å². The van der Waals surface area contributed by atoms with E-state index < -0.39 is 10.8 Å². The van der Waals surface area contributed by atoms with Crippen LogP contribution in [0.2, 0.25) is 0 Å². The third-order valence-electron chi connectivity index (χ3n) is 28.4. The Balaban J connectivity index is 0.756. The zero-order valence-corrected chi connectivity index (χ0v) is 69.9. The van der Waals surface area contributed by atoms with Gasteiger partial charge in [0.25, 0.3) is 13.4 Å². The molecular weight excluding hydrogens is 1470 g/mol. The van der Waals surface area contributed by atoms with E-state index in [2.05, 4.69) is 430 Å². The average molecular weight is 1560 g/mol. The van der Waals surface area contributed by atoms with E-state index in [1.165, 1.54) is 122 Å². The number of nitrogens with zero attached hydrogens (tertiary/aromatic N) is 2. The van der Waals surface area contributed by atoms with Gasteiger partial charge in [-0.25, -0.2) is 0 Å². The maximum Gasteiger partial charge on any atom is 0.256 e. The summed E-state index contributed by atoms with van der Waals surface area (Å²) in [5, 5.41) is 0. The lowest BCUT2D eigenvalue weighted by atomic mass is 9.31. The molecule has 4 nitrogen and oxygen atoms in total. The van der Waals surface area contributed by atoms with Crippen molar-refractivity contribution < 1.29 is 9.47 Å². The molecule has 4 heterocycles. The molecule has 0 unspecified atom stereocenters. The van der Waals surface area contributed by atoms with Crippen LogP contribution >= 0.6 is 0 Å². The first-order valence-corrected chi connectivity index (χ1v) is 43.4. The summed E-state index contributed by atoms with van der Waals surface area (Å²) in [5.41, 5.74) is 45.2. The van der Waals surface area contributed by atoms with Crippen LogP contribution in [0.1, 0.15) is 124 Å². The van der Waals surface area contributed by atoms with Gasteiger partial charge in [0.2, 0.25) is 0 Å². The zero-order chi connectivity index (χ0) is 81.8. The molecule has 8 aliphatic rings. The highest BCUT2D eigenvalue weighted by atomic mass is 16.5. The second-order valence-corrected chi connectivity index (χ2v) is 38.0. The van der Waals surface area contributed by atoms with E-state index in [0.717, 1.165) is 118 Å². The fraction of sp³-hybridized carbons (Fsp3) is 0.121. The summed E-state index contributed by atoms with van der Waals surface area (Å²) in [6.07, 6.45) is 0. The Kier molecular flexibility index (Phi) is 14.7. The molecule has 17 aromatic rings. The molecule has 0 saturated carbocycles. The van der Waals surface area contributed by atoms with Crippen molar-refractivity contribution in [2.75, 3.05) is 9.80 Å². The molecule has 0 amide bonds. The normalized spacial score (nSPS) is 14.6. The third kappa shape index (κ3) is 9.67. The average Bonchev–Trinajstić information content (AvgIpc) is 1.46. The molecule has 0 saturated heterocycles. The van der Waals surface area contributed by atoms with Gasteiger partial charge < -0.3 is 19.3 Å². The summed E-state index contributed by atoms with van der Waals surface area (Å²) in [7, 11) is 0. The lowest BCUT2D eigenvalue weighted by molar-refractivity contribution is 0.466. The number of rotatable bonds is 6. The van der Waals surface area contributed by atoms with Crippen LogP contribution in [-0.2, 0) is 27.1 Å². The SMILES string of the molecule is CC(C)(C)c1cc(N2c3ccccc3B3c4cc5c(cc4Oc4cc(-c6cccc7c6C6(c8ccccc8-c8ccccc86)c6ccccc6-7)cc2c43)Oc2cc(-c3cccc4c3C3(c6ccccc6-c6ccccc63)c3ccccc3-4)cc3c2B5c2ccccc2N3c2c(-c3ccccc3)cc(C(C)(C)C)cc2-c2ccccc2)cc(C(C)(C)C)c1. The van der Waals surface area contributed by atoms with Gasteiger partial charge in [0.15, 0.2) is 0 Å². The summed E-state index contributed by atoms with van der Waals surface area (Å²) in [6.45, 7) is 20.6. The molecule has 2 spiro atoms. The molecule has 578 valence electrons. The van der Waals surface area contributed by atoms with E-state index >= 15 is 0 Å². The van der Waals surface area contributed by atoms with Gasteiger partial charge in [0.1, 0.15) is 23.0 Å². The Bertz CT molecular complexity index is 7220. The van der Waals surface area contributed by atoms with Gasteiger partial charge in [0.05, 0.1) is 16.5 Å². The Morgan fingerprint density at radius 2 is 0.549 bits per heavy atom. The van der Waals surface area contributed by atoms with Crippen molar-refractivity contribution in [1.82, 2.24) is 0 Å². The minimum absolute atomic E-state index is 0.160. The minimum atomic E-state index is -0.637. The molecule has 25 rings (SSSR count). The van der Waals surface area contributed by atoms with E-state index in [1.807, 2.05) is 0 Å². The number of hydrogen-bond acceptors (Lipinski definition) is 4. The second-order valence-electron chi connectivity index (χ2n) is 38.0. The van der Waals surface area contributed by atoms with Crippen molar-refractivity contribution in [3.8, 4) is 112 Å². The first-order chi connectivity index (χ1) is 59.4. The largest absolute Gasteiger partial charge is 0.458 e. The van der Waals surface area contributed by atoms with Crippen LogP contribution in [-0.4, -0.2) is 13.4 Å². The summed E-state index contributed by atoms with van der Waals surface area (Å²) >= 11 is 0.